The van der Waals surface area contributed by atoms with E-state index >= 15 is 0 Å². The average Bonchev–Trinajstić information content (AvgIpc) is 3.58. The number of carboxylic acid groups (broad SMARTS) is 2. The number of ketones is 2. The molecule has 0 unspecified atom stereocenters. The first kappa shape index (κ1) is 34.8. The van der Waals surface area contributed by atoms with Crippen LogP contribution in [0.3, 0.4) is 0 Å². The standard InChI is InChI=1S/C43H29N3O8/c1-46-40(28-14-16-30(42(51)52)34(20-28)26-12-18-32(36(47)22-26)38(49)24-8-4-2-5-9-24)44-45-41(46)29-15-17-31(43(53)54)35(21-29)27-13-19-33(37(48)23-27)39(50)25-10-6-3-7-11-25/h2-23,47-48H,1H3,(H,51,52)(H,53,54). The minimum Gasteiger partial charge on any atom is -0.507 e. The normalized spacial score (nSPS) is 10.9. The van der Waals surface area contributed by atoms with Gasteiger partial charge in [-0.05, 0) is 70.8 Å². The van der Waals surface area contributed by atoms with E-state index in [0.717, 1.165) is 0 Å². The fourth-order valence-corrected chi connectivity index (χ4v) is 6.32. The quantitative estimate of drug-likeness (QED) is 0.102. The molecule has 1 heterocycles. The molecule has 0 amide bonds. The number of phenolic OH excluding ortho intramolecular Hbond substituents is 2. The van der Waals surface area contributed by atoms with Gasteiger partial charge < -0.3 is 25.0 Å². The zero-order chi connectivity index (χ0) is 38.1. The number of aromatic nitrogens is 3. The van der Waals surface area contributed by atoms with Crippen molar-refractivity contribution in [3.8, 4) is 56.5 Å². The van der Waals surface area contributed by atoms with E-state index in [1.54, 1.807) is 109 Å². The van der Waals surface area contributed by atoms with E-state index in [0.29, 0.717) is 45.0 Å². The van der Waals surface area contributed by atoms with Crippen molar-refractivity contribution in [2.24, 2.45) is 7.05 Å². The highest BCUT2D eigenvalue weighted by atomic mass is 16.4. The van der Waals surface area contributed by atoms with Crippen LogP contribution in [0.5, 0.6) is 11.5 Å². The van der Waals surface area contributed by atoms with Crippen LogP contribution in [-0.4, -0.2) is 58.7 Å². The van der Waals surface area contributed by atoms with Gasteiger partial charge in [0.25, 0.3) is 0 Å². The van der Waals surface area contributed by atoms with Crippen molar-refractivity contribution in [1.82, 2.24) is 14.8 Å². The van der Waals surface area contributed by atoms with Gasteiger partial charge in [-0.3, -0.25) is 9.59 Å². The highest BCUT2D eigenvalue weighted by molar-refractivity contribution is 6.12. The van der Waals surface area contributed by atoms with Crippen molar-refractivity contribution < 1.29 is 39.6 Å². The Labute approximate surface area is 307 Å². The Morgan fingerprint density at radius 1 is 0.463 bits per heavy atom. The van der Waals surface area contributed by atoms with Crippen molar-refractivity contribution in [3.63, 3.8) is 0 Å². The van der Waals surface area contributed by atoms with E-state index in [2.05, 4.69) is 10.2 Å². The summed E-state index contributed by atoms with van der Waals surface area (Å²) >= 11 is 0. The molecule has 7 aromatic rings. The summed E-state index contributed by atoms with van der Waals surface area (Å²) in [5.41, 5.74) is 3.05. The van der Waals surface area contributed by atoms with Crippen LogP contribution >= 0.6 is 0 Å². The van der Waals surface area contributed by atoms with E-state index in [-0.39, 0.29) is 56.4 Å². The number of phenols is 2. The maximum Gasteiger partial charge on any atom is 0.336 e. The van der Waals surface area contributed by atoms with Crippen LogP contribution in [0.1, 0.15) is 52.6 Å². The second-order valence-corrected chi connectivity index (χ2v) is 12.4. The van der Waals surface area contributed by atoms with E-state index in [9.17, 15) is 39.6 Å². The summed E-state index contributed by atoms with van der Waals surface area (Å²) in [5.74, 6) is -3.08. The molecule has 1 aromatic heterocycles. The lowest BCUT2D eigenvalue weighted by Crippen LogP contribution is -2.04. The Bertz CT molecular complexity index is 2450. The van der Waals surface area contributed by atoms with Crippen LogP contribution in [0, 0.1) is 0 Å². The number of carboxylic acids is 2. The van der Waals surface area contributed by atoms with Crippen LogP contribution in [0.2, 0.25) is 0 Å². The minimum atomic E-state index is -1.20. The number of benzene rings is 6. The van der Waals surface area contributed by atoms with Gasteiger partial charge in [0.15, 0.2) is 23.2 Å². The van der Waals surface area contributed by atoms with Crippen molar-refractivity contribution in [2.75, 3.05) is 0 Å². The Hall–Kier alpha value is -7.66. The van der Waals surface area contributed by atoms with Crippen molar-refractivity contribution in [3.05, 3.63) is 167 Å². The number of carbonyl (C=O) groups excluding carboxylic acids is 2. The molecule has 0 spiro atoms. The Balaban J connectivity index is 1.24. The molecule has 0 radical (unpaired) electrons. The van der Waals surface area contributed by atoms with Crippen molar-refractivity contribution in [2.45, 2.75) is 0 Å². The first-order chi connectivity index (χ1) is 26.0. The Morgan fingerprint density at radius 3 is 1.17 bits per heavy atom. The van der Waals surface area contributed by atoms with Gasteiger partial charge in [0, 0.05) is 29.3 Å². The van der Waals surface area contributed by atoms with E-state index < -0.39 is 11.9 Å². The maximum absolute atomic E-state index is 13.0. The van der Waals surface area contributed by atoms with Crippen LogP contribution in [0.4, 0.5) is 0 Å². The fourth-order valence-electron chi connectivity index (χ4n) is 6.32. The lowest BCUT2D eigenvalue weighted by Gasteiger charge is -2.13. The molecule has 0 saturated carbocycles. The molecule has 0 saturated heterocycles. The smallest absolute Gasteiger partial charge is 0.336 e. The largest absolute Gasteiger partial charge is 0.507 e. The van der Waals surface area contributed by atoms with Crippen LogP contribution in [0.25, 0.3) is 45.0 Å². The van der Waals surface area contributed by atoms with Crippen molar-refractivity contribution in [1.29, 1.82) is 0 Å². The third kappa shape index (κ3) is 6.48. The summed E-state index contributed by atoms with van der Waals surface area (Å²) in [7, 11) is 1.70. The second kappa shape index (κ2) is 14.2. The SMILES string of the molecule is Cn1c(-c2ccc(C(=O)O)c(-c3ccc(C(=O)c4ccccc4)c(O)c3)c2)nnc1-c1ccc(C(=O)O)c(-c2ccc(C(=O)c3ccccc3)c(O)c2)c1. The van der Waals surface area contributed by atoms with Gasteiger partial charge >= 0.3 is 11.9 Å². The van der Waals surface area contributed by atoms with Crippen LogP contribution in [-0.2, 0) is 7.05 Å². The molecule has 11 heteroatoms. The Morgan fingerprint density at radius 2 is 0.815 bits per heavy atom. The summed E-state index contributed by atoms with van der Waals surface area (Å²) in [5, 5.41) is 50.5. The zero-order valence-corrected chi connectivity index (χ0v) is 28.5. The molecule has 0 atom stereocenters. The van der Waals surface area contributed by atoms with Gasteiger partial charge in [-0.15, -0.1) is 10.2 Å². The number of nitrogens with zero attached hydrogens (tertiary/aromatic N) is 3. The fraction of sp³-hybridized carbons (Fsp3) is 0.0233. The van der Waals surface area contributed by atoms with Crippen LogP contribution < -0.4 is 0 Å². The summed E-state index contributed by atoms with van der Waals surface area (Å²) in [4.78, 5) is 50.6. The summed E-state index contributed by atoms with van der Waals surface area (Å²) < 4.78 is 1.66. The van der Waals surface area contributed by atoms with Gasteiger partial charge in [0.1, 0.15) is 11.5 Å². The molecule has 7 rings (SSSR count). The number of hydrogen-bond donors (Lipinski definition) is 4. The first-order valence-corrected chi connectivity index (χ1v) is 16.5. The average molecular weight is 716 g/mol. The highest BCUT2D eigenvalue weighted by Crippen LogP contribution is 2.36. The van der Waals surface area contributed by atoms with Crippen molar-refractivity contribution >= 4 is 23.5 Å². The van der Waals surface area contributed by atoms with E-state index in [4.69, 9.17) is 0 Å². The molecule has 0 bridgehead atoms. The van der Waals surface area contributed by atoms with E-state index in [1.807, 2.05) is 0 Å². The van der Waals surface area contributed by atoms with E-state index in [1.165, 1.54) is 36.4 Å². The number of aromatic hydroxyl groups is 2. The molecule has 54 heavy (non-hydrogen) atoms. The number of rotatable bonds is 10. The second-order valence-electron chi connectivity index (χ2n) is 12.4. The summed E-state index contributed by atoms with van der Waals surface area (Å²) in [6.45, 7) is 0. The van der Waals surface area contributed by atoms with Gasteiger partial charge in [-0.25, -0.2) is 9.59 Å². The molecule has 0 aliphatic carbocycles. The lowest BCUT2D eigenvalue weighted by molar-refractivity contribution is 0.0687. The molecule has 11 nitrogen and oxygen atoms in total. The van der Waals surface area contributed by atoms with Gasteiger partial charge in [0.05, 0.1) is 22.3 Å². The molecule has 0 fully saturated rings. The summed E-state index contributed by atoms with van der Waals surface area (Å²) in [6.07, 6.45) is 0. The van der Waals surface area contributed by atoms with Gasteiger partial charge in [-0.2, -0.15) is 0 Å². The molecular formula is C43H29N3O8. The minimum absolute atomic E-state index is 0.0451. The monoisotopic (exact) mass is 715 g/mol. The molecule has 0 aliphatic rings. The predicted octanol–water partition coefficient (Wildman–Crippen LogP) is 7.75. The highest BCUT2D eigenvalue weighted by Gasteiger charge is 2.22. The molecule has 6 aromatic carbocycles. The third-order valence-corrected chi connectivity index (χ3v) is 9.07. The molecule has 264 valence electrons. The van der Waals surface area contributed by atoms with Crippen LogP contribution in [0.15, 0.2) is 133 Å². The first-order valence-electron chi connectivity index (χ1n) is 16.5. The Kier molecular flexibility index (Phi) is 9.12. The van der Waals surface area contributed by atoms with Gasteiger partial charge in [0.2, 0.25) is 0 Å². The third-order valence-electron chi connectivity index (χ3n) is 9.07. The maximum atomic E-state index is 13.0. The molecule has 4 N–H and O–H groups in total. The number of carbonyl (C=O) groups is 4. The number of aromatic carboxylic acids is 2. The lowest BCUT2D eigenvalue weighted by atomic mass is 9.94. The summed E-state index contributed by atoms with van der Waals surface area (Å²) in [6, 6.07) is 34.9. The van der Waals surface area contributed by atoms with Gasteiger partial charge in [-0.1, -0.05) is 84.9 Å². The predicted molar refractivity (Wildman–Crippen MR) is 200 cm³/mol. The topological polar surface area (TPSA) is 180 Å². The molecule has 0 aliphatic heterocycles. The zero-order valence-electron chi connectivity index (χ0n) is 28.5. The number of hydrogen-bond acceptors (Lipinski definition) is 8. The molecular weight excluding hydrogens is 686 g/mol.